The first-order valence-electron chi connectivity index (χ1n) is 6.86. The van der Waals surface area contributed by atoms with Gasteiger partial charge in [-0.25, -0.2) is 0 Å². The third kappa shape index (κ3) is 4.21. The van der Waals surface area contributed by atoms with Gasteiger partial charge >= 0.3 is 0 Å². The van der Waals surface area contributed by atoms with E-state index in [0.29, 0.717) is 5.56 Å². The molecule has 0 fully saturated rings. The Labute approximate surface area is 129 Å². The van der Waals surface area contributed by atoms with Gasteiger partial charge in [-0.3, -0.25) is 4.79 Å². The molecule has 21 heavy (non-hydrogen) atoms. The van der Waals surface area contributed by atoms with E-state index in [1.807, 2.05) is 56.3 Å². The van der Waals surface area contributed by atoms with Crippen molar-refractivity contribution in [3.63, 3.8) is 0 Å². The van der Waals surface area contributed by atoms with Crippen LogP contribution in [-0.4, -0.2) is 5.78 Å². The van der Waals surface area contributed by atoms with Crippen LogP contribution in [0.1, 0.15) is 35.3 Å². The Morgan fingerprint density at radius 2 is 1.90 bits per heavy atom. The zero-order valence-electron chi connectivity index (χ0n) is 12.2. The average Bonchev–Trinajstić information content (AvgIpc) is 2.53. The van der Waals surface area contributed by atoms with Crippen LogP contribution in [0.2, 0.25) is 0 Å². The van der Waals surface area contributed by atoms with Crippen LogP contribution in [-0.2, 0) is 5.75 Å². The topological polar surface area (TPSA) is 40.9 Å². The van der Waals surface area contributed by atoms with Crippen LogP contribution in [0, 0.1) is 17.2 Å². The number of nitrogens with zero attached hydrogens (tertiary/aromatic N) is 1. The average molecular weight is 295 g/mol. The van der Waals surface area contributed by atoms with Crippen molar-refractivity contribution in [1.29, 1.82) is 5.26 Å². The minimum Gasteiger partial charge on any atom is -0.294 e. The summed E-state index contributed by atoms with van der Waals surface area (Å²) in [6, 6.07) is 17.5. The van der Waals surface area contributed by atoms with E-state index >= 15 is 0 Å². The molecule has 2 nitrogen and oxygen atoms in total. The van der Waals surface area contributed by atoms with Gasteiger partial charge in [0.15, 0.2) is 5.78 Å². The van der Waals surface area contributed by atoms with Gasteiger partial charge in [0.05, 0.1) is 11.6 Å². The van der Waals surface area contributed by atoms with Crippen LogP contribution in [0.4, 0.5) is 0 Å². The largest absolute Gasteiger partial charge is 0.294 e. The molecular formula is C18H17NOS. The van der Waals surface area contributed by atoms with Crippen molar-refractivity contribution in [2.75, 3.05) is 0 Å². The second-order valence-electron chi connectivity index (χ2n) is 5.14. The van der Waals surface area contributed by atoms with E-state index in [0.717, 1.165) is 21.8 Å². The summed E-state index contributed by atoms with van der Waals surface area (Å²) in [7, 11) is 0. The normalized spacial score (nSPS) is 10.4. The third-order valence-corrected chi connectivity index (χ3v) is 4.21. The predicted molar refractivity (Wildman–Crippen MR) is 86.3 cm³/mol. The number of nitriles is 1. The first kappa shape index (κ1) is 15.3. The fraction of sp³-hybridized carbons (Fsp3) is 0.222. The zero-order valence-corrected chi connectivity index (χ0v) is 13.0. The number of thioether (sulfide) groups is 1. The van der Waals surface area contributed by atoms with Crippen LogP contribution in [0.5, 0.6) is 0 Å². The van der Waals surface area contributed by atoms with Gasteiger partial charge in [-0.15, -0.1) is 11.8 Å². The van der Waals surface area contributed by atoms with Gasteiger partial charge in [0.1, 0.15) is 0 Å². The molecule has 0 spiro atoms. The van der Waals surface area contributed by atoms with Gasteiger partial charge in [0.2, 0.25) is 0 Å². The van der Waals surface area contributed by atoms with Crippen LogP contribution in [0.15, 0.2) is 53.4 Å². The SMILES string of the molecule is CC(C)C(=O)c1ccc(SCc2cccc(C#N)c2)cc1. The van der Waals surface area contributed by atoms with Crippen molar-refractivity contribution in [1.82, 2.24) is 0 Å². The number of ketones is 1. The molecule has 0 heterocycles. The Morgan fingerprint density at radius 1 is 1.19 bits per heavy atom. The maximum atomic E-state index is 11.9. The van der Waals surface area contributed by atoms with E-state index in [9.17, 15) is 4.79 Å². The highest BCUT2D eigenvalue weighted by Crippen LogP contribution is 2.24. The first-order valence-corrected chi connectivity index (χ1v) is 7.85. The van der Waals surface area contributed by atoms with Crippen molar-refractivity contribution >= 4 is 17.5 Å². The molecule has 2 aromatic carbocycles. The molecule has 0 aliphatic rings. The van der Waals surface area contributed by atoms with Crippen molar-refractivity contribution in [3.8, 4) is 6.07 Å². The van der Waals surface area contributed by atoms with Crippen molar-refractivity contribution in [3.05, 3.63) is 65.2 Å². The highest BCUT2D eigenvalue weighted by molar-refractivity contribution is 7.98. The summed E-state index contributed by atoms with van der Waals surface area (Å²) in [6.07, 6.45) is 0. The molecule has 3 heteroatoms. The summed E-state index contributed by atoms with van der Waals surface area (Å²) in [4.78, 5) is 13.0. The number of carbonyl (C=O) groups excluding carboxylic acids is 1. The van der Waals surface area contributed by atoms with Gasteiger partial charge < -0.3 is 0 Å². The quantitative estimate of drug-likeness (QED) is 0.593. The molecule has 0 bridgehead atoms. The Kier molecular flexibility index (Phi) is 5.19. The van der Waals surface area contributed by atoms with Crippen molar-refractivity contribution in [2.45, 2.75) is 24.5 Å². The van der Waals surface area contributed by atoms with Gasteiger partial charge in [-0.1, -0.05) is 38.1 Å². The number of hydrogen-bond donors (Lipinski definition) is 0. The summed E-state index contributed by atoms with van der Waals surface area (Å²) in [6.45, 7) is 3.82. The van der Waals surface area contributed by atoms with E-state index < -0.39 is 0 Å². The standard InChI is InChI=1S/C18H17NOS/c1-13(2)18(20)16-6-8-17(9-7-16)21-12-15-5-3-4-14(10-15)11-19/h3-10,13H,12H2,1-2H3. The highest BCUT2D eigenvalue weighted by atomic mass is 32.2. The molecule has 0 atom stereocenters. The highest BCUT2D eigenvalue weighted by Gasteiger charge is 2.09. The first-order chi connectivity index (χ1) is 10.1. The van der Waals surface area contributed by atoms with Crippen molar-refractivity contribution in [2.24, 2.45) is 5.92 Å². The molecule has 0 N–H and O–H groups in total. The molecule has 0 saturated carbocycles. The molecule has 0 radical (unpaired) electrons. The van der Waals surface area contributed by atoms with Crippen LogP contribution >= 0.6 is 11.8 Å². The molecular weight excluding hydrogens is 278 g/mol. The number of carbonyl (C=O) groups is 1. The zero-order chi connectivity index (χ0) is 15.2. The van der Waals surface area contributed by atoms with Crippen LogP contribution < -0.4 is 0 Å². The fourth-order valence-corrected chi connectivity index (χ4v) is 2.79. The van der Waals surface area contributed by atoms with Gasteiger partial charge in [-0.05, 0) is 29.8 Å². The van der Waals surface area contributed by atoms with E-state index in [1.165, 1.54) is 0 Å². The maximum Gasteiger partial charge on any atom is 0.165 e. The lowest BCUT2D eigenvalue weighted by Gasteiger charge is -2.06. The molecule has 0 aromatic heterocycles. The third-order valence-electron chi connectivity index (χ3n) is 3.12. The lowest BCUT2D eigenvalue weighted by Crippen LogP contribution is -2.06. The minimum absolute atomic E-state index is 0.0252. The van der Waals surface area contributed by atoms with Crippen LogP contribution in [0.3, 0.4) is 0 Å². The van der Waals surface area contributed by atoms with Crippen molar-refractivity contribution < 1.29 is 4.79 Å². The van der Waals surface area contributed by atoms with Gasteiger partial charge in [0, 0.05) is 22.1 Å². The second-order valence-corrected chi connectivity index (χ2v) is 6.19. The smallest absolute Gasteiger partial charge is 0.165 e. The summed E-state index contributed by atoms with van der Waals surface area (Å²) < 4.78 is 0. The van der Waals surface area contributed by atoms with E-state index in [2.05, 4.69) is 6.07 Å². The number of rotatable bonds is 5. The molecule has 0 aliphatic heterocycles. The summed E-state index contributed by atoms with van der Waals surface area (Å²) >= 11 is 1.70. The number of benzene rings is 2. The monoisotopic (exact) mass is 295 g/mol. The Hall–Kier alpha value is -2.05. The number of Topliss-reactive ketones (excluding diaryl/α,β-unsaturated/α-hetero) is 1. The maximum absolute atomic E-state index is 11.9. The minimum atomic E-state index is 0.0252. The van der Waals surface area contributed by atoms with Gasteiger partial charge in [0.25, 0.3) is 0 Å². The fourth-order valence-electron chi connectivity index (χ4n) is 1.95. The molecule has 0 amide bonds. The summed E-state index contributed by atoms with van der Waals surface area (Å²) in [5.41, 5.74) is 2.58. The molecule has 0 saturated heterocycles. The molecule has 2 rings (SSSR count). The van der Waals surface area contributed by atoms with E-state index in [4.69, 9.17) is 5.26 Å². The van der Waals surface area contributed by atoms with E-state index in [1.54, 1.807) is 17.8 Å². The molecule has 2 aromatic rings. The Balaban J connectivity index is 2.01. The van der Waals surface area contributed by atoms with E-state index in [-0.39, 0.29) is 11.7 Å². The number of hydrogen-bond acceptors (Lipinski definition) is 3. The van der Waals surface area contributed by atoms with Gasteiger partial charge in [-0.2, -0.15) is 5.26 Å². The lowest BCUT2D eigenvalue weighted by molar-refractivity contribution is 0.0939. The second kappa shape index (κ2) is 7.10. The molecule has 0 unspecified atom stereocenters. The predicted octanol–water partition coefficient (Wildman–Crippen LogP) is 4.69. The summed E-state index contributed by atoms with van der Waals surface area (Å²) in [5.74, 6) is 1.01. The van der Waals surface area contributed by atoms with Crippen LogP contribution in [0.25, 0.3) is 0 Å². The Morgan fingerprint density at radius 3 is 2.52 bits per heavy atom. The Bertz CT molecular complexity index is 668. The molecule has 0 aliphatic carbocycles. The summed E-state index contributed by atoms with van der Waals surface area (Å²) in [5, 5.41) is 8.89. The lowest BCUT2D eigenvalue weighted by atomic mass is 10.0. The molecule has 106 valence electrons.